The molecule has 0 saturated carbocycles. The molecule has 4 nitrogen and oxygen atoms in total. The largest absolute Gasteiger partial charge is 0.312 e. The summed E-state index contributed by atoms with van der Waals surface area (Å²) in [6.07, 6.45) is 2.91. The molecule has 0 spiro atoms. The van der Waals surface area contributed by atoms with E-state index >= 15 is 0 Å². The predicted octanol–water partition coefficient (Wildman–Crippen LogP) is 3.82. The van der Waals surface area contributed by atoms with Crippen LogP contribution in [0, 0.1) is 6.92 Å². The van der Waals surface area contributed by atoms with Crippen LogP contribution < -0.4 is 5.32 Å². The van der Waals surface area contributed by atoms with Gasteiger partial charge in [0.15, 0.2) is 5.78 Å². The van der Waals surface area contributed by atoms with Gasteiger partial charge >= 0.3 is 0 Å². The summed E-state index contributed by atoms with van der Waals surface area (Å²) in [6.45, 7) is 10.3. The molecule has 144 valence electrons. The van der Waals surface area contributed by atoms with Crippen molar-refractivity contribution in [2.24, 2.45) is 0 Å². The van der Waals surface area contributed by atoms with Gasteiger partial charge in [0.2, 0.25) is 0 Å². The second-order valence-corrected chi connectivity index (χ2v) is 7.87. The quantitative estimate of drug-likeness (QED) is 0.767. The number of piperazine rings is 1. The van der Waals surface area contributed by atoms with Gasteiger partial charge in [-0.15, -0.1) is 0 Å². The fraction of sp³-hybridized carbons (Fsp3) is 0.455. The minimum Gasteiger partial charge on any atom is -0.312 e. The Labute approximate surface area is 166 Å². The smallest absolute Gasteiger partial charge is 0.168 e. The first kappa shape index (κ1) is 20.0. The standard InChI is InChI=1S/C22H28ClN3O/c1-4-21-6-5-17(12-25-21)22(27)11-18-9-20(23)10-19(16(18)3)14-26-8-7-24-15(2)13-26/h5-6,9-10,12,15,24H,4,7-8,11,13-14H2,1-3H3/t15-/m0/s1. The van der Waals surface area contributed by atoms with Crippen LogP contribution in [-0.2, 0) is 19.4 Å². The topological polar surface area (TPSA) is 45.2 Å². The minimum atomic E-state index is 0.0808. The summed E-state index contributed by atoms with van der Waals surface area (Å²) < 4.78 is 0. The van der Waals surface area contributed by atoms with Crippen LogP contribution in [0.5, 0.6) is 0 Å². The summed E-state index contributed by atoms with van der Waals surface area (Å²) in [6, 6.07) is 8.26. The van der Waals surface area contributed by atoms with Crippen LogP contribution in [0.2, 0.25) is 5.02 Å². The van der Waals surface area contributed by atoms with Crippen molar-refractivity contribution in [1.82, 2.24) is 15.2 Å². The van der Waals surface area contributed by atoms with Crippen molar-refractivity contribution in [3.8, 4) is 0 Å². The second kappa shape index (κ2) is 8.96. The Bertz CT molecular complexity index is 804. The maximum Gasteiger partial charge on any atom is 0.168 e. The normalized spacial score (nSPS) is 17.9. The summed E-state index contributed by atoms with van der Waals surface area (Å²) >= 11 is 6.38. The zero-order chi connectivity index (χ0) is 19.4. The lowest BCUT2D eigenvalue weighted by molar-refractivity contribution is 0.0992. The molecule has 2 heterocycles. The van der Waals surface area contributed by atoms with E-state index in [0.717, 1.165) is 49.4 Å². The Morgan fingerprint density at radius 3 is 2.78 bits per heavy atom. The zero-order valence-corrected chi connectivity index (χ0v) is 17.1. The number of carbonyl (C=O) groups is 1. The van der Waals surface area contributed by atoms with Gasteiger partial charge in [-0.25, -0.2) is 0 Å². The third-order valence-corrected chi connectivity index (χ3v) is 5.51. The van der Waals surface area contributed by atoms with Crippen LogP contribution in [0.25, 0.3) is 0 Å². The summed E-state index contributed by atoms with van der Waals surface area (Å²) in [5.74, 6) is 0.0808. The first-order valence-corrected chi connectivity index (χ1v) is 10.1. The summed E-state index contributed by atoms with van der Waals surface area (Å²) in [5.41, 5.74) is 5.03. The number of ketones is 1. The monoisotopic (exact) mass is 385 g/mol. The van der Waals surface area contributed by atoms with Gasteiger partial charge in [0.25, 0.3) is 0 Å². The molecule has 3 rings (SSSR count). The van der Waals surface area contributed by atoms with Crippen LogP contribution in [0.4, 0.5) is 0 Å². The molecular weight excluding hydrogens is 358 g/mol. The van der Waals surface area contributed by atoms with Crippen molar-refractivity contribution in [3.05, 3.63) is 63.4 Å². The third kappa shape index (κ3) is 5.16. The number of aromatic nitrogens is 1. The maximum absolute atomic E-state index is 12.7. The van der Waals surface area contributed by atoms with Gasteiger partial charge in [-0.05, 0) is 61.2 Å². The molecule has 0 amide bonds. The van der Waals surface area contributed by atoms with Gasteiger partial charge in [0.05, 0.1) is 0 Å². The Kier molecular flexibility index (Phi) is 6.64. The van der Waals surface area contributed by atoms with Gasteiger partial charge in [-0.3, -0.25) is 14.7 Å². The number of pyridine rings is 1. The van der Waals surface area contributed by atoms with Crippen LogP contribution >= 0.6 is 11.6 Å². The molecule has 0 aliphatic carbocycles. The van der Waals surface area contributed by atoms with E-state index in [0.29, 0.717) is 23.0 Å². The minimum absolute atomic E-state index is 0.0808. The van der Waals surface area contributed by atoms with E-state index in [1.165, 1.54) is 5.56 Å². The SMILES string of the molecule is CCc1ccc(C(=O)Cc2cc(Cl)cc(CN3CCN[C@@H](C)C3)c2C)cn1. The zero-order valence-electron chi connectivity index (χ0n) is 16.4. The first-order valence-electron chi connectivity index (χ1n) is 9.68. The highest BCUT2D eigenvalue weighted by atomic mass is 35.5. The second-order valence-electron chi connectivity index (χ2n) is 7.43. The molecule has 1 atom stereocenters. The fourth-order valence-electron chi connectivity index (χ4n) is 3.62. The number of hydrogen-bond donors (Lipinski definition) is 1. The van der Waals surface area contributed by atoms with E-state index in [4.69, 9.17) is 11.6 Å². The fourth-order valence-corrected chi connectivity index (χ4v) is 3.88. The number of hydrogen-bond acceptors (Lipinski definition) is 4. The van der Waals surface area contributed by atoms with Gasteiger partial charge in [-0.1, -0.05) is 18.5 Å². The first-order chi connectivity index (χ1) is 13.0. The summed E-state index contributed by atoms with van der Waals surface area (Å²) in [5, 5.41) is 4.16. The molecule has 1 aromatic carbocycles. The molecule has 0 bridgehead atoms. The maximum atomic E-state index is 12.7. The van der Waals surface area contributed by atoms with Crippen molar-refractivity contribution < 1.29 is 4.79 Å². The number of carbonyl (C=O) groups excluding carboxylic acids is 1. The highest BCUT2D eigenvalue weighted by Crippen LogP contribution is 2.24. The number of benzene rings is 1. The van der Waals surface area contributed by atoms with Crippen molar-refractivity contribution in [1.29, 1.82) is 0 Å². The number of rotatable bonds is 6. The molecule has 27 heavy (non-hydrogen) atoms. The number of halogens is 1. The van der Waals surface area contributed by atoms with Crippen molar-refractivity contribution in [3.63, 3.8) is 0 Å². The molecule has 2 aromatic rings. The van der Waals surface area contributed by atoms with E-state index in [2.05, 4.69) is 36.0 Å². The van der Waals surface area contributed by atoms with Gasteiger partial charge in [0.1, 0.15) is 0 Å². The number of aryl methyl sites for hydroxylation is 1. The molecule has 1 N–H and O–H groups in total. The van der Waals surface area contributed by atoms with E-state index in [1.54, 1.807) is 6.20 Å². The highest BCUT2D eigenvalue weighted by molar-refractivity contribution is 6.30. The van der Waals surface area contributed by atoms with Crippen molar-refractivity contribution in [2.45, 2.75) is 46.2 Å². The lowest BCUT2D eigenvalue weighted by atomic mass is 9.96. The predicted molar refractivity (Wildman–Crippen MR) is 111 cm³/mol. The Balaban J connectivity index is 1.76. The summed E-state index contributed by atoms with van der Waals surface area (Å²) in [4.78, 5) is 19.5. The summed E-state index contributed by atoms with van der Waals surface area (Å²) in [7, 11) is 0. The van der Waals surface area contributed by atoms with E-state index in [-0.39, 0.29) is 5.78 Å². The molecular formula is C22H28ClN3O. The van der Waals surface area contributed by atoms with Crippen molar-refractivity contribution >= 4 is 17.4 Å². The Morgan fingerprint density at radius 2 is 2.11 bits per heavy atom. The molecule has 1 saturated heterocycles. The molecule has 0 radical (unpaired) electrons. The lowest BCUT2D eigenvalue weighted by Gasteiger charge is -2.32. The van der Waals surface area contributed by atoms with Crippen molar-refractivity contribution in [2.75, 3.05) is 19.6 Å². The van der Waals surface area contributed by atoms with Gasteiger partial charge in [-0.2, -0.15) is 0 Å². The number of nitrogens with one attached hydrogen (secondary N) is 1. The molecule has 1 aliphatic heterocycles. The van der Waals surface area contributed by atoms with Gasteiger partial charge in [0, 0.05) is 61.1 Å². The molecule has 1 fully saturated rings. The molecule has 5 heteroatoms. The average Bonchev–Trinajstić information content (AvgIpc) is 2.65. The lowest BCUT2D eigenvalue weighted by Crippen LogP contribution is -2.48. The Hall–Kier alpha value is -1.75. The van der Waals surface area contributed by atoms with E-state index in [9.17, 15) is 4.79 Å². The molecule has 1 aromatic heterocycles. The number of nitrogens with zero attached hydrogens (tertiary/aromatic N) is 2. The van der Waals surface area contributed by atoms with E-state index < -0.39 is 0 Å². The van der Waals surface area contributed by atoms with E-state index in [1.807, 2.05) is 24.3 Å². The van der Waals surface area contributed by atoms with Crippen LogP contribution in [-0.4, -0.2) is 41.3 Å². The van der Waals surface area contributed by atoms with Gasteiger partial charge < -0.3 is 5.32 Å². The average molecular weight is 386 g/mol. The van der Waals surface area contributed by atoms with Crippen LogP contribution in [0.1, 0.15) is 46.6 Å². The Morgan fingerprint density at radius 1 is 1.33 bits per heavy atom. The highest BCUT2D eigenvalue weighted by Gasteiger charge is 2.18. The van der Waals surface area contributed by atoms with Crippen LogP contribution in [0.15, 0.2) is 30.5 Å². The number of Topliss-reactive ketones (excluding diaryl/α,β-unsaturated/α-hetero) is 1. The third-order valence-electron chi connectivity index (χ3n) is 5.29. The van der Waals surface area contributed by atoms with Crippen LogP contribution in [0.3, 0.4) is 0 Å². The molecule has 1 aliphatic rings. The molecule has 0 unspecified atom stereocenters.